The number of piperazine rings is 1. The monoisotopic (exact) mass is 294 g/mol. The maximum Gasteiger partial charge on any atom is 0.248 e. The topological polar surface area (TPSA) is 49.4 Å². The van der Waals surface area contributed by atoms with E-state index in [-0.39, 0.29) is 29.8 Å². The Hall–Kier alpha value is -1.06. The highest BCUT2D eigenvalue weighted by atomic mass is 16.2. The largest absolute Gasteiger partial charge is 0.340 e. The highest BCUT2D eigenvalue weighted by molar-refractivity contribution is 5.99. The zero-order valence-electron chi connectivity index (χ0n) is 14.1. The van der Waals surface area contributed by atoms with Gasteiger partial charge in [-0.05, 0) is 38.5 Å². The molecule has 2 fully saturated rings. The summed E-state index contributed by atoms with van der Waals surface area (Å²) in [4.78, 5) is 27.5. The van der Waals surface area contributed by atoms with Crippen LogP contribution in [-0.4, -0.2) is 34.3 Å². The van der Waals surface area contributed by atoms with Crippen molar-refractivity contribution in [2.45, 2.75) is 84.3 Å². The lowest BCUT2D eigenvalue weighted by atomic mass is 9.85. The second-order valence-electron chi connectivity index (χ2n) is 7.70. The summed E-state index contributed by atoms with van der Waals surface area (Å²) in [7, 11) is 0. The van der Waals surface area contributed by atoms with Crippen molar-refractivity contribution >= 4 is 11.8 Å². The molecule has 1 aliphatic carbocycles. The molecule has 120 valence electrons. The molecule has 0 spiro atoms. The molecule has 4 nitrogen and oxygen atoms in total. The van der Waals surface area contributed by atoms with Crippen molar-refractivity contribution in [2.24, 2.45) is 11.8 Å². The number of hydrogen-bond donors (Lipinski definition) is 1. The minimum atomic E-state index is -0.783. The zero-order chi connectivity index (χ0) is 15.8. The zero-order valence-corrected chi connectivity index (χ0v) is 14.1. The predicted octanol–water partition coefficient (Wildman–Crippen LogP) is 2.72. The van der Waals surface area contributed by atoms with Gasteiger partial charge in [-0.3, -0.25) is 9.59 Å². The molecule has 21 heavy (non-hydrogen) atoms. The van der Waals surface area contributed by atoms with Crippen molar-refractivity contribution in [2.75, 3.05) is 0 Å². The van der Waals surface area contributed by atoms with Gasteiger partial charge >= 0.3 is 0 Å². The summed E-state index contributed by atoms with van der Waals surface area (Å²) in [5, 5.41) is 2.91. The summed E-state index contributed by atoms with van der Waals surface area (Å²) in [5.74, 6) is 0.700. The van der Waals surface area contributed by atoms with E-state index >= 15 is 0 Å². The van der Waals surface area contributed by atoms with Crippen LogP contribution < -0.4 is 5.32 Å². The summed E-state index contributed by atoms with van der Waals surface area (Å²) in [6.45, 7) is 9.94. The SMILES string of the molecule is CC(C)C1C(=O)NC(C)(C)C(=O)N1C1CCCCCC1C. The molecule has 2 amide bonds. The van der Waals surface area contributed by atoms with Gasteiger partial charge in [0.1, 0.15) is 11.6 Å². The molecule has 0 radical (unpaired) electrons. The first-order valence-corrected chi connectivity index (χ1v) is 8.40. The van der Waals surface area contributed by atoms with Crippen LogP contribution in [0.3, 0.4) is 0 Å². The first kappa shape index (κ1) is 16.3. The first-order valence-electron chi connectivity index (χ1n) is 8.40. The number of nitrogens with one attached hydrogen (secondary N) is 1. The Morgan fingerprint density at radius 1 is 1.14 bits per heavy atom. The summed E-state index contributed by atoms with van der Waals surface area (Å²) in [5.41, 5.74) is -0.783. The van der Waals surface area contributed by atoms with Crippen molar-refractivity contribution < 1.29 is 9.59 Å². The Labute approximate surface area is 128 Å². The number of nitrogens with zero attached hydrogens (tertiary/aromatic N) is 1. The minimum Gasteiger partial charge on any atom is -0.340 e. The van der Waals surface area contributed by atoms with E-state index in [1.165, 1.54) is 12.8 Å². The van der Waals surface area contributed by atoms with Crippen molar-refractivity contribution in [3.8, 4) is 0 Å². The van der Waals surface area contributed by atoms with E-state index in [0.717, 1.165) is 19.3 Å². The molecule has 0 bridgehead atoms. The first-order chi connectivity index (χ1) is 9.75. The summed E-state index contributed by atoms with van der Waals surface area (Å²) < 4.78 is 0. The van der Waals surface area contributed by atoms with Crippen LogP contribution in [0.25, 0.3) is 0 Å². The highest BCUT2D eigenvalue weighted by Gasteiger charge is 2.49. The van der Waals surface area contributed by atoms with Crippen LogP contribution in [0.4, 0.5) is 0 Å². The second-order valence-corrected chi connectivity index (χ2v) is 7.70. The van der Waals surface area contributed by atoms with Crippen molar-refractivity contribution in [3.05, 3.63) is 0 Å². The van der Waals surface area contributed by atoms with E-state index in [1.807, 2.05) is 32.6 Å². The number of carbonyl (C=O) groups is 2. The van der Waals surface area contributed by atoms with E-state index in [1.54, 1.807) is 0 Å². The third kappa shape index (κ3) is 3.09. The molecule has 1 heterocycles. The van der Waals surface area contributed by atoms with Gasteiger partial charge in [0.2, 0.25) is 11.8 Å². The fourth-order valence-corrected chi connectivity index (χ4v) is 3.88. The third-order valence-electron chi connectivity index (χ3n) is 5.08. The molecule has 0 aromatic heterocycles. The average molecular weight is 294 g/mol. The predicted molar refractivity (Wildman–Crippen MR) is 83.7 cm³/mol. The maximum absolute atomic E-state index is 13.0. The van der Waals surface area contributed by atoms with E-state index < -0.39 is 5.54 Å². The van der Waals surface area contributed by atoms with Crippen LogP contribution in [0.1, 0.15) is 66.7 Å². The number of carbonyl (C=O) groups excluding carboxylic acids is 2. The smallest absolute Gasteiger partial charge is 0.248 e. The second kappa shape index (κ2) is 5.98. The molecule has 1 saturated heterocycles. The van der Waals surface area contributed by atoms with Crippen LogP contribution in [-0.2, 0) is 9.59 Å². The van der Waals surface area contributed by atoms with E-state index in [4.69, 9.17) is 0 Å². The molecule has 2 aliphatic rings. The van der Waals surface area contributed by atoms with Gasteiger partial charge in [-0.25, -0.2) is 0 Å². The van der Waals surface area contributed by atoms with Gasteiger partial charge < -0.3 is 10.2 Å². The Morgan fingerprint density at radius 2 is 1.76 bits per heavy atom. The van der Waals surface area contributed by atoms with Crippen LogP contribution in [0.2, 0.25) is 0 Å². The van der Waals surface area contributed by atoms with Crippen LogP contribution in [0.15, 0.2) is 0 Å². The van der Waals surface area contributed by atoms with Gasteiger partial charge in [0.25, 0.3) is 0 Å². The molecular formula is C17H30N2O2. The molecule has 1 aliphatic heterocycles. The third-order valence-corrected chi connectivity index (χ3v) is 5.08. The fraction of sp³-hybridized carbons (Fsp3) is 0.882. The normalized spacial score (nSPS) is 33.8. The van der Waals surface area contributed by atoms with Crippen LogP contribution in [0.5, 0.6) is 0 Å². The van der Waals surface area contributed by atoms with Gasteiger partial charge in [0.05, 0.1) is 0 Å². The molecule has 3 unspecified atom stereocenters. The maximum atomic E-state index is 13.0. The van der Waals surface area contributed by atoms with E-state index in [0.29, 0.717) is 5.92 Å². The lowest BCUT2D eigenvalue weighted by Gasteiger charge is -2.49. The van der Waals surface area contributed by atoms with Gasteiger partial charge in [-0.15, -0.1) is 0 Å². The van der Waals surface area contributed by atoms with Crippen molar-refractivity contribution in [1.29, 1.82) is 0 Å². The summed E-state index contributed by atoms with van der Waals surface area (Å²) in [6, 6.07) is -0.117. The molecule has 0 aromatic rings. The summed E-state index contributed by atoms with van der Waals surface area (Å²) >= 11 is 0. The van der Waals surface area contributed by atoms with Crippen LogP contribution in [0, 0.1) is 11.8 Å². The van der Waals surface area contributed by atoms with Crippen molar-refractivity contribution in [3.63, 3.8) is 0 Å². The van der Waals surface area contributed by atoms with Crippen LogP contribution >= 0.6 is 0 Å². The molecule has 2 rings (SSSR count). The molecular weight excluding hydrogens is 264 g/mol. The van der Waals surface area contributed by atoms with Gasteiger partial charge in [-0.1, -0.05) is 40.0 Å². The number of hydrogen-bond acceptors (Lipinski definition) is 2. The van der Waals surface area contributed by atoms with Gasteiger partial charge in [-0.2, -0.15) is 0 Å². The fourth-order valence-electron chi connectivity index (χ4n) is 3.88. The van der Waals surface area contributed by atoms with Gasteiger partial charge in [0, 0.05) is 6.04 Å². The number of amides is 2. The van der Waals surface area contributed by atoms with E-state index in [9.17, 15) is 9.59 Å². The quantitative estimate of drug-likeness (QED) is 0.796. The molecule has 0 aromatic carbocycles. The van der Waals surface area contributed by atoms with E-state index in [2.05, 4.69) is 12.2 Å². The summed E-state index contributed by atoms with van der Waals surface area (Å²) in [6.07, 6.45) is 5.82. The standard InChI is InChI=1S/C17H30N2O2/c1-11(2)14-15(20)18-17(4,5)16(21)19(14)13-10-8-6-7-9-12(13)3/h11-14H,6-10H2,1-5H3,(H,18,20). The van der Waals surface area contributed by atoms with Crippen molar-refractivity contribution in [1.82, 2.24) is 10.2 Å². The molecule has 1 saturated carbocycles. The minimum absolute atomic E-state index is 0.00560. The Kier molecular flexibility index (Phi) is 4.64. The highest BCUT2D eigenvalue weighted by Crippen LogP contribution is 2.33. The Balaban J connectivity index is 2.37. The Bertz CT molecular complexity index is 417. The molecule has 4 heteroatoms. The molecule has 1 N–H and O–H groups in total. The Morgan fingerprint density at radius 3 is 2.38 bits per heavy atom. The lowest BCUT2D eigenvalue weighted by Crippen LogP contribution is -2.71. The van der Waals surface area contributed by atoms with Gasteiger partial charge in [0.15, 0.2) is 0 Å². The number of rotatable bonds is 2. The molecule has 3 atom stereocenters. The lowest BCUT2D eigenvalue weighted by molar-refractivity contribution is -0.160. The average Bonchev–Trinajstić information content (AvgIpc) is 2.57.